The first-order chi connectivity index (χ1) is 11.9. The Kier molecular flexibility index (Phi) is 9.39. The minimum absolute atomic E-state index is 0. The lowest BCUT2D eigenvalue weighted by Gasteiger charge is -2.31. The Balaban J connectivity index is 0.00000338. The molecule has 0 radical (unpaired) electrons. The fourth-order valence-corrected chi connectivity index (χ4v) is 3.20. The van der Waals surface area contributed by atoms with Crippen LogP contribution < -0.4 is 5.73 Å². The number of carbonyl (C=O) groups is 1. The quantitative estimate of drug-likeness (QED) is 0.775. The number of hydrogen-bond acceptors (Lipinski definition) is 4. The van der Waals surface area contributed by atoms with Crippen LogP contribution in [0, 0.1) is 11.7 Å². The zero-order chi connectivity index (χ0) is 18.4. The van der Waals surface area contributed by atoms with Gasteiger partial charge in [-0.05, 0) is 49.8 Å². The van der Waals surface area contributed by atoms with Gasteiger partial charge in [0, 0.05) is 0 Å². The van der Waals surface area contributed by atoms with Gasteiger partial charge in [0.2, 0.25) is 0 Å². The molecule has 1 saturated heterocycles. The van der Waals surface area contributed by atoms with E-state index in [1.165, 1.54) is 12.1 Å². The van der Waals surface area contributed by atoms with Crippen molar-refractivity contribution in [2.24, 2.45) is 11.7 Å². The molecule has 148 valence electrons. The highest BCUT2D eigenvalue weighted by Crippen LogP contribution is 2.27. The third-order valence-corrected chi connectivity index (χ3v) is 4.45. The van der Waals surface area contributed by atoms with Crippen LogP contribution in [0.1, 0.15) is 31.7 Å². The van der Waals surface area contributed by atoms with Crippen LogP contribution in [-0.2, 0) is 20.7 Å². The number of nitrogens with two attached hydrogens (primary N) is 1. The molecule has 1 fully saturated rings. The van der Waals surface area contributed by atoms with Crippen LogP contribution in [0.2, 0.25) is 0 Å². The van der Waals surface area contributed by atoms with Gasteiger partial charge in [-0.25, -0.2) is 13.2 Å². The monoisotopic (exact) mass is 395 g/mol. The van der Waals surface area contributed by atoms with Crippen LogP contribution in [-0.4, -0.2) is 37.3 Å². The minimum Gasteiger partial charge on any atom is -0.459 e. The molecule has 0 spiro atoms. The number of hydrogen-bond donors (Lipinski definition) is 1. The highest BCUT2D eigenvalue weighted by molar-refractivity contribution is 5.85. The summed E-state index contributed by atoms with van der Waals surface area (Å²) < 4.78 is 49.1. The molecule has 1 aromatic carbocycles. The van der Waals surface area contributed by atoms with Crippen molar-refractivity contribution in [1.29, 1.82) is 0 Å². The van der Waals surface area contributed by atoms with E-state index in [2.05, 4.69) is 0 Å². The standard InChI is InChI=1S/C18H24F3NO3.ClH/c1-11-17(24-10-16(20)21)13(3-2-4-15(22)18(23)25-11)9-12-5-7-14(19)8-6-12;/h5-8,11,13,15-17H,2-4,9-10,22H2,1H3;1H/t11-,13+,15-,17-;/m0./s1. The molecule has 4 nitrogen and oxygen atoms in total. The highest BCUT2D eigenvalue weighted by atomic mass is 35.5. The zero-order valence-electron chi connectivity index (χ0n) is 14.6. The van der Waals surface area contributed by atoms with Gasteiger partial charge in [-0.15, -0.1) is 12.4 Å². The van der Waals surface area contributed by atoms with Crippen molar-refractivity contribution in [2.45, 2.75) is 57.3 Å². The summed E-state index contributed by atoms with van der Waals surface area (Å²) in [7, 11) is 0. The SMILES string of the molecule is C[C@@H]1OC(=O)[C@@H](N)CCC[C@H](Cc2ccc(F)cc2)[C@H]1OCC(F)F.Cl. The van der Waals surface area contributed by atoms with E-state index in [1.807, 2.05) is 0 Å². The molecule has 0 saturated carbocycles. The molecule has 0 aromatic heterocycles. The lowest BCUT2D eigenvalue weighted by atomic mass is 9.87. The van der Waals surface area contributed by atoms with Crippen LogP contribution in [0.25, 0.3) is 0 Å². The van der Waals surface area contributed by atoms with E-state index in [1.54, 1.807) is 19.1 Å². The summed E-state index contributed by atoms with van der Waals surface area (Å²) in [5.41, 5.74) is 6.66. The fourth-order valence-electron chi connectivity index (χ4n) is 3.20. The van der Waals surface area contributed by atoms with Crippen LogP contribution >= 0.6 is 12.4 Å². The number of alkyl halides is 2. The zero-order valence-corrected chi connectivity index (χ0v) is 15.4. The second-order valence-electron chi connectivity index (χ2n) is 6.46. The predicted octanol–water partition coefficient (Wildman–Crippen LogP) is 3.50. The van der Waals surface area contributed by atoms with E-state index in [0.29, 0.717) is 25.7 Å². The average molecular weight is 396 g/mol. The van der Waals surface area contributed by atoms with Gasteiger partial charge in [-0.2, -0.15) is 0 Å². The van der Waals surface area contributed by atoms with E-state index in [4.69, 9.17) is 15.2 Å². The Labute approximate surface area is 157 Å². The molecule has 1 aliphatic rings. The highest BCUT2D eigenvalue weighted by Gasteiger charge is 2.34. The fraction of sp³-hybridized carbons (Fsp3) is 0.611. The van der Waals surface area contributed by atoms with Gasteiger partial charge in [0.1, 0.15) is 24.6 Å². The molecule has 1 heterocycles. The first kappa shape index (κ1) is 22.7. The lowest BCUT2D eigenvalue weighted by molar-refractivity contribution is -0.162. The third-order valence-electron chi connectivity index (χ3n) is 4.45. The van der Waals surface area contributed by atoms with Crippen LogP contribution in [0.5, 0.6) is 0 Å². The van der Waals surface area contributed by atoms with Gasteiger partial charge in [-0.1, -0.05) is 18.6 Å². The van der Waals surface area contributed by atoms with Gasteiger partial charge in [0.05, 0.1) is 6.10 Å². The molecule has 0 amide bonds. The topological polar surface area (TPSA) is 61.5 Å². The van der Waals surface area contributed by atoms with Crippen molar-refractivity contribution in [3.05, 3.63) is 35.6 Å². The molecule has 26 heavy (non-hydrogen) atoms. The van der Waals surface area contributed by atoms with Gasteiger partial charge in [-0.3, -0.25) is 4.79 Å². The molecule has 0 bridgehead atoms. The van der Waals surface area contributed by atoms with Crippen molar-refractivity contribution in [3.8, 4) is 0 Å². The molecule has 0 unspecified atom stereocenters. The summed E-state index contributed by atoms with van der Waals surface area (Å²) in [5, 5.41) is 0. The molecule has 2 N–H and O–H groups in total. The van der Waals surface area contributed by atoms with E-state index in [9.17, 15) is 18.0 Å². The first-order valence-corrected chi connectivity index (χ1v) is 8.47. The van der Waals surface area contributed by atoms with E-state index < -0.39 is 37.3 Å². The molecular weight excluding hydrogens is 371 g/mol. The summed E-state index contributed by atoms with van der Waals surface area (Å²) in [6.45, 7) is 0.905. The summed E-state index contributed by atoms with van der Waals surface area (Å²) >= 11 is 0. The maximum absolute atomic E-state index is 13.1. The Morgan fingerprint density at radius 1 is 1.27 bits per heavy atom. The summed E-state index contributed by atoms with van der Waals surface area (Å²) in [6.07, 6.45) is -1.68. The number of rotatable bonds is 5. The number of ether oxygens (including phenoxy) is 2. The molecule has 0 aliphatic carbocycles. The van der Waals surface area contributed by atoms with Crippen LogP contribution in [0.15, 0.2) is 24.3 Å². The number of benzene rings is 1. The Morgan fingerprint density at radius 2 is 1.92 bits per heavy atom. The van der Waals surface area contributed by atoms with Gasteiger partial charge < -0.3 is 15.2 Å². The second-order valence-corrected chi connectivity index (χ2v) is 6.46. The Morgan fingerprint density at radius 3 is 2.54 bits per heavy atom. The molecule has 1 aromatic rings. The van der Waals surface area contributed by atoms with Crippen molar-refractivity contribution < 1.29 is 27.4 Å². The Bertz CT molecular complexity index is 559. The maximum Gasteiger partial charge on any atom is 0.323 e. The molecule has 1 aliphatic heterocycles. The number of cyclic esters (lactones) is 1. The molecule has 8 heteroatoms. The van der Waals surface area contributed by atoms with Crippen molar-refractivity contribution >= 4 is 18.4 Å². The third kappa shape index (κ3) is 6.78. The second kappa shape index (κ2) is 10.7. The summed E-state index contributed by atoms with van der Waals surface area (Å²) in [5.74, 6) is -1.02. The van der Waals surface area contributed by atoms with Gasteiger partial charge in [0.25, 0.3) is 6.43 Å². The number of halogens is 4. The smallest absolute Gasteiger partial charge is 0.323 e. The van der Waals surface area contributed by atoms with Gasteiger partial charge >= 0.3 is 5.97 Å². The van der Waals surface area contributed by atoms with Crippen molar-refractivity contribution in [2.75, 3.05) is 6.61 Å². The molecule has 2 rings (SSSR count). The van der Waals surface area contributed by atoms with Crippen molar-refractivity contribution in [1.82, 2.24) is 0 Å². The number of carbonyl (C=O) groups excluding carboxylic acids is 1. The molecular formula is C18H25ClF3NO3. The normalized spacial score (nSPS) is 27.1. The van der Waals surface area contributed by atoms with E-state index in [-0.39, 0.29) is 24.1 Å². The lowest BCUT2D eigenvalue weighted by Crippen LogP contribution is -2.41. The largest absolute Gasteiger partial charge is 0.459 e. The predicted molar refractivity (Wildman–Crippen MR) is 94.0 cm³/mol. The first-order valence-electron chi connectivity index (χ1n) is 8.47. The maximum atomic E-state index is 13.1. The van der Waals surface area contributed by atoms with Crippen molar-refractivity contribution in [3.63, 3.8) is 0 Å². The minimum atomic E-state index is -2.61. The summed E-state index contributed by atoms with van der Waals surface area (Å²) in [4.78, 5) is 11.9. The van der Waals surface area contributed by atoms with Gasteiger partial charge in [0.15, 0.2) is 0 Å². The summed E-state index contributed by atoms with van der Waals surface area (Å²) in [6, 6.07) is 5.32. The van der Waals surface area contributed by atoms with E-state index in [0.717, 1.165) is 5.56 Å². The average Bonchev–Trinajstić information content (AvgIpc) is 2.59. The molecule has 4 atom stereocenters. The van der Waals surface area contributed by atoms with Crippen LogP contribution in [0.4, 0.5) is 13.2 Å². The Hall–Kier alpha value is -1.31. The van der Waals surface area contributed by atoms with Crippen LogP contribution in [0.3, 0.4) is 0 Å². The van der Waals surface area contributed by atoms with E-state index >= 15 is 0 Å². The number of esters is 1.